The van der Waals surface area contributed by atoms with Gasteiger partial charge in [-0.1, -0.05) is 0 Å². The van der Waals surface area contributed by atoms with E-state index in [1.165, 1.54) is 0 Å². The monoisotopic (exact) mass is 285 g/mol. The number of hydrogen-bond donors (Lipinski definition) is 1. The lowest BCUT2D eigenvalue weighted by molar-refractivity contribution is -0.153. The second-order valence-electron chi connectivity index (χ2n) is 3.21. The van der Waals surface area contributed by atoms with Gasteiger partial charge in [0.1, 0.15) is 12.1 Å². The molecule has 1 N–H and O–H groups in total. The molecule has 0 aromatic rings. The van der Waals surface area contributed by atoms with Crippen LogP contribution in [0.4, 0.5) is 4.79 Å². The van der Waals surface area contributed by atoms with Crippen LogP contribution in [-0.4, -0.2) is 22.0 Å². The van der Waals surface area contributed by atoms with Crippen molar-refractivity contribution in [3.63, 3.8) is 0 Å². The predicted molar refractivity (Wildman–Crippen MR) is 53.3 cm³/mol. The summed E-state index contributed by atoms with van der Waals surface area (Å²) in [6, 6.07) is 0. The van der Waals surface area contributed by atoms with Gasteiger partial charge < -0.3 is 10.1 Å². The number of halogens is 1. The summed E-state index contributed by atoms with van der Waals surface area (Å²) in [5, 5.41) is 2.34. The molecule has 0 radical (unpaired) electrons. The number of amides is 1. The smallest absolute Gasteiger partial charge is 0.325 e. The lowest BCUT2D eigenvalue weighted by Gasteiger charge is -2.19. The molecule has 0 bridgehead atoms. The molecular weight excluding hydrogens is 273 g/mol. The van der Waals surface area contributed by atoms with Gasteiger partial charge in [-0.3, -0.25) is 9.59 Å². The number of nitrogens with one attached hydrogen (secondary N) is 1. The Morgan fingerprint density at radius 1 is 1.42 bits per heavy atom. The third kappa shape index (κ3) is 7.77. The summed E-state index contributed by atoms with van der Waals surface area (Å²) in [5.41, 5.74) is -0.493. The Bertz CT molecular complexity index is 186. The maximum absolute atomic E-state index is 10.9. The zero-order valence-corrected chi connectivity index (χ0v) is 9.47. The third-order valence-electron chi connectivity index (χ3n) is 0.792. The minimum Gasteiger partial charge on any atom is -0.459 e. The lowest BCUT2D eigenvalue weighted by Crippen LogP contribution is -2.32. The molecule has 0 unspecified atom stereocenters. The lowest BCUT2D eigenvalue weighted by atomic mass is 10.2. The molecule has 0 aliphatic carbocycles. The fraction of sp³-hybridized carbons (Fsp3) is 0.714. The van der Waals surface area contributed by atoms with Crippen LogP contribution in [0.3, 0.4) is 0 Å². The zero-order chi connectivity index (χ0) is 9.78. The van der Waals surface area contributed by atoms with Crippen LogP contribution in [0.1, 0.15) is 20.8 Å². The Kier molecular flexibility index (Phi) is 4.51. The van der Waals surface area contributed by atoms with Gasteiger partial charge in [0.2, 0.25) is 0 Å². The van der Waals surface area contributed by atoms with E-state index in [4.69, 9.17) is 4.74 Å². The fourth-order valence-corrected chi connectivity index (χ4v) is 0.710. The molecule has 0 spiro atoms. The highest BCUT2D eigenvalue weighted by Crippen LogP contribution is 2.06. The molecule has 0 fully saturated rings. The maximum atomic E-state index is 10.9. The molecule has 12 heavy (non-hydrogen) atoms. The van der Waals surface area contributed by atoms with Crippen molar-refractivity contribution in [1.82, 2.24) is 5.32 Å². The van der Waals surface area contributed by atoms with Crippen LogP contribution in [0, 0.1) is 0 Å². The molecule has 0 saturated carbocycles. The molecule has 0 atom stereocenters. The molecule has 0 aliphatic rings. The normalized spacial score (nSPS) is 10.7. The third-order valence-corrected chi connectivity index (χ3v) is 1.17. The van der Waals surface area contributed by atoms with Gasteiger partial charge in [-0.05, 0) is 20.8 Å². The van der Waals surface area contributed by atoms with E-state index in [0.717, 1.165) is 0 Å². The molecule has 0 aliphatic heterocycles. The van der Waals surface area contributed by atoms with Crippen molar-refractivity contribution in [2.24, 2.45) is 0 Å². The van der Waals surface area contributed by atoms with Crippen LogP contribution in [0.2, 0.25) is 0 Å². The molecular formula is C7H12INO3. The van der Waals surface area contributed by atoms with Crippen LogP contribution < -0.4 is 5.32 Å². The molecule has 70 valence electrons. The Morgan fingerprint density at radius 3 is 2.25 bits per heavy atom. The summed E-state index contributed by atoms with van der Waals surface area (Å²) in [4.78, 5) is 21.3. The average molecular weight is 285 g/mol. The van der Waals surface area contributed by atoms with E-state index in [-0.39, 0.29) is 10.5 Å². The maximum Gasteiger partial charge on any atom is 0.325 e. The second-order valence-corrected chi connectivity index (χ2v) is 4.19. The fourth-order valence-electron chi connectivity index (χ4n) is 0.519. The van der Waals surface area contributed by atoms with Crippen LogP contribution in [0.5, 0.6) is 0 Å². The van der Waals surface area contributed by atoms with Gasteiger partial charge in [-0.15, -0.1) is 0 Å². The van der Waals surface area contributed by atoms with Crippen molar-refractivity contribution in [1.29, 1.82) is 0 Å². The van der Waals surface area contributed by atoms with E-state index in [1.807, 2.05) is 0 Å². The van der Waals surface area contributed by atoms with E-state index < -0.39 is 11.6 Å². The highest BCUT2D eigenvalue weighted by atomic mass is 127. The molecule has 0 aromatic carbocycles. The Balaban J connectivity index is 3.68. The van der Waals surface area contributed by atoms with Gasteiger partial charge in [0, 0.05) is 22.6 Å². The van der Waals surface area contributed by atoms with Gasteiger partial charge in [-0.25, -0.2) is 0 Å². The summed E-state index contributed by atoms with van der Waals surface area (Å²) in [6.07, 6.45) is 0. The van der Waals surface area contributed by atoms with Crippen LogP contribution in [-0.2, 0) is 9.53 Å². The van der Waals surface area contributed by atoms with E-state index in [9.17, 15) is 9.59 Å². The van der Waals surface area contributed by atoms with Crippen molar-refractivity contribution >= 4 is 32.5 Å². The number of hydrogen-bond acceptors (Lipinski definition) is 3. The van der Waals surface area contributed by atoms with E-state index in [2.05, 4.69) is 5.32 Å². The van der Waals surface area contributed by atoms with Gasteiger partial charge in [0.25, 0.3) is 3.91 Å². The Hall–Kier alpha value is -0.330. The van der Waals surface area contributed by atoms with Crippen LogP contribution >= 0.6 is 22.6 Å². The van der Waals surface area contributed by atoms with E-state index >= 15 is 0 Å². The second kappa shape index (κ2) is 4.64. The van der Waals surface area contributed by atoms with Crippen molar-refractivity contribution in [2.75, 3.05) is 6.54 Å². The van der Waals surface area contributed by atoms with Gasteiger partial charge in [0.15, 0.2) is 0 Å². The van der Waals surface area contributed by atoms with E-state index in [0.29, 0.717) is 0 Å². The highest BCUT2D eigenvalue weighted by Gasteiger charge is 2.15. The molecule has 0 rings (SSSR count). The molecule has 0 aromatic heterocycles. The summed E-state index contributed by atoms with van der Waals surface area (Å²) in [5.74, 6) is -0.424. The highest BCUT2D eigenvalue weighted by molar-refractivity contribution is 14.1. The van der Waals surface area contributed by atoms with Gasteiger partial charge in [-0.2, -0.15) is 0 Å². The molecule has 0 heterocycles. The Labute approximate surface area is 85.2 Å². The molecule has 0 saturated heterocycles. The first-order chi connectivity index (χ1) is 5.31. The standard InChI is InChI=1S/C7H12INO3/c1-7(2,3)12-5(10)4-9-6(8)11/h4H2,1-3H3,(H,9,11). The molecule has 5 heteroatoms. The number of carbonyl (C=O) groups is 2. The number of carbonyl (C=O) groups excluding carboxylic acids is 2. The summed E-state index contributed by atoms with van der Waals surface area (Å²) >= 11 is 1.56. The van der Waals surface area contributed by atoms with Crippen molar-refractivity contribution in [2.45, 2.75) is 26.4 Å². The average Bonchev–Trinajstić information content (AvgIpc) is 1.79. The zero-order valence-electron chi connectivity index (χ0n) is 7.31. The molecule has 1 amide bonds. The van der Waals surface area contributed by atoms with Crippen molar-refractivity contribution in [3.05, 3.63) is 0 Å². The molecule has 4 nitrogen and oxygen atoms in total. The minimum atomic E-state index is -0.493. The first kappa shape index (κ1) is 11.7. The Morgan fingerprint density at radius 2 is 1.92 bits per heavy atom. The number of rotatable bonds is 2. The summed E-state index contributed by atoms with van der Waals surface area (Å²) in [7, 11) is 0. The topological polar surface area (TPSA) is 55.4 Å². The van der Waals surface area contributed by atoms with Gasteiger partial charge >= 0.3 is 5.97 Å². The van der Waals surface area contributed by atoms with Crippen molar-refractivity contribution < 1.29 is 14.3 Å². The minimum absolute atomic E-state index is 0.0704. The van der Waals surface area contributed by atoms with Gasteiger partial charge in [0.05, 0.1) is 0 Å². The summed E-state index contributed by atoms with van der Waals surface area (Å²) < 4.78 is 4.67. The first-order valence-electron chi connectivity index (χ1n) is 3.46. The number of esters is 1. The summed E-state index contributed by atoms with van der Waals surface area (Å²) in [6.45, 7) is 5.25. The first-order valence-corrected chi connectivity index (χ1v) is 4.54. The SMILES string of the molecule is CC(C)(C)OC(=O)CNC(=O)I. The van der Waals surface area contributed by atoms with Crippen LogP contribution in [0.25, 0.3) is 0 Å². The number of ether oxygens (including phenoxy) is 1. The predicted octanol–water partition coefficient (Wildman–Crippen LogP) is 1.47. The largest absolute Gasteiger partial charge is 0.459 e. The quantitative estimate of drug-likeness (QED) is 0.362. The van der Waals surface area contributed by atoms with E-state index in [1.54, 1.807) is 43.4 Å². The van der Waals surface area contributed by atoms with Crippen molar-refractivity contribution in [3.8, 4) is 0 Å². The van der Waals surface area contributed by atoms with Crippen LogP contribution in [0.15, 0.2) is 0 Å².